The molecule has 0 aromatic rings. The van der Waals surface area contributed by atoms with Gasteiger partial charge in [0.05, 0.1) is 5.57 Å². The number of hydrogen-bond donors (Lipinski definition) is 1. The highest BCUT2D eigenvalue weighted by Gasteiger charge is 2.45. The highest BCUT2D eigenvalue weighted by molar-refractivity contribution is 6.26. The molecule has 0 spiro atoms. The van der Waals surface area contributed by atoms with Gasteiger partial charge in [-0.25, -0.2) is 0 Å². The van der Waals surface area contributed by atoms with Gasteiger partial charge in [-0.15, -0.1) is 0 Å². The molecule has 1 atom stereocenters. The summed E-state index contributed by atoms with van der Waals surface area (Å²) in [5.74, 6) is -2.22. The van der Waals surface area contributed by atoms with Crippen molar-refractivity contribution in [2.75, 3.05) is 0 Å². The van der Waals surface area contributed by atoms with E-state index < -0.39 is 29.7 Å². The van der Waals surface area contributed by atoms with E-state index in [1.54, 1.807) is 0 Å². The first kappa shape index (κ1) is 23.8. The van der Waals surface area contributed by atoms with Crippen molar-refractivity contribution in [1.29, 1.82) is 0 Å². The molecule has 2 heterocycles. The minimum atomic E-state index is -0.954. The fourth-order valence-corrected chi connectivity index (χ4v) is 2.11. The van der Waals surface area contributed by atoms with E-state index in [0.29, 0.717) is 0 Å². The number of nitrogens with zero attached hydrogens (tertiary/aromatic N) is 1. The number of carbonyl (C=O) groups excluding carboxylic acids is 4. The zero-order valence-corrected chi connectivity index (χ0v) is 14.1. The molecule has 2 saturated heterocycles. The van der Waals surface area contributed by atoms with Crippen molar-refractivity contribution in [3.8, 4) is 0 Å². The van der Waals surface area contributed by atoms with Gasteiger partial charge in [0.2, 0.25) is 11.8 Å². The molecule has 1 N–H and O–H groups in total. The van der Waals surface area contributed by atoms with Crippen LogP contribution in [0.25, 0.3) is 0 Å². The smallest absolute Gasteiger partial charge is 0.262 e. The van der Waals surface area contributed by atoms with Crippen molar-refractivity contribution < 1.29 is 19.2 Å². The number of imide groups is 2. The third-order valence-corrected chi connectivity index (χ3v) is 3.06. The van der Waals surface area contributed by atoms with Gasteiger partial charge in [0.1, 0.15) is 6.04 Å². The first-order chi connectivity index (χ1) is 11.0. The van der Waals surface area contributed by atoms with Crippen LogP contribution >= 0.6 is 0 Å². The van der Waals surface area contributed by atoms with Gasteiger partial charge < -0.3 is 0 Å². The maximum absolute atomic E-state index is 12.1. The second-order valence-electron chi connectivity index (χ2n) is 4.24. The number of carbonyl (C=O) groups is 4. The molecule has 1 unspecified atom stereocenters. The number of rotatable bonds is 2. The summed E-state index contributed by atoms with van der Waals surface area (Å²) in [5.41, 5.74) is 0.166. The maximum Gasteiger partial charge on any atom is 0.262 e. The monoisotopic (exact) mass is 336 g/mol. The molecule has 2 aliphatic rings. The van der Waals surface area contributed by atoms with Gasteiger partial charge in [-0.3, -0.25) is 29.4 Å². The average molecular weight is 336 g/mol. The molecular weight excluding hydrogens is 308 g/mol. The first-order valence-corrected chi connectivity index (χ1v) is 7.71. The fraction of sp³-hybridized carbons (Fsp3) is 0.444. The van der Waals surface area contributed by atoms with Gasteiger partial charge in [-0.05, 0) is 12.5 Å². The Morgan fingerprint density at radius 2 is 1.62 bits per heavy atom. The van der Waals surface area contributed by atoms with Crippen LogP contribution in [0.5, 0.6) is 0 Å². The summed E-state index contributed by atoms with van der Waals surface area (Å²) in [7, 11) is 0. The van der Waals surface area contributed by atoms with Crippen molar-refractivity contribution in [2.24, 2.45) is 0 Å². The van der Waals surface area contributed by atoms with Gasteiger partial charge in [0.15, 0.2) is 0 Å². The van der Waals surface area contributed by atoms with Crippen LogP contribution in [0, 0.1) is 0 Å². The zero-order valence-electron chi connectivity index (χ0n) is 14.1. The minimum Gasteiger partial charge on any atom is -0.295 e. The van der Waals surface area contributed by atoms with Crippen LogP contribution in [0.15, 0.2) is 36.5 Å². The molecule has 0 radical (unpaired) electrons. The van der Waals surface area contributed by atoms with Gasteiger partial charge in [0, 0.05) is 12.0 Å². The summed E-state index contributed by atoms with van der Waals surface area (Å²) >= 11 is 0. The summed E-state index contributed by atoms with van der Waals surface area (Å²) in [4.78, 5) is 47.7. The summed E-state index contributed by atoms with van der Waals surface area (Å²) in [6.45, 7) is 15.0. The molecule has 2 aliphatic heterocycles. The van der Waals surface area contributed by atoms with Gasteiger partial charge in [0.25, 0.3) is 11.8 Å². The third kappa shape index (κ3) is 4.75. The molecule has 6 heteroatoms. The Morgan fingerprint density at radius 1 is 1.08 bits per heavy atom. The molecule has 2 fully saturated rings. The summed E-state index contributed by atoms with van der Waals surface area (Å²) in [5, 5.41) is 2.12. The Labute approximate surface area is 144 Å². The zero-order chi connectivity index (χ0) is 18.2. The van der Waals surface area contributed by atoms with E-state index >= 15 is 0 Å². The molecule has 0 aromatic heterocycles. The standard InChI is InChI=1S/C13H12N2O4.2C2H6.CH4/c1-3-4-8-7(2)12(18)15(13(8)19)9-5-6-10(16)14-11(9)17;2*1-2;/h3-4,9H,1-2,5-6H2,(H,14,16,17);2*1-2H3;1H4/b8-4+;;;. The van der Waals surface area contributed by atoms with E-state index in [4.69, 9.17) is 0 Å². The van der Waals surface area contributed by atoms with Crippen molar-refractivity contribution in [3.05, 3.63) is 36.5 Å². The highest BCUT2D eigenvalue weighted by atomic mass is 16.2. The Balaban J connectivity index is 0. The quantitative estimate of drug-likeness (QED) is 0.620. The second kappa shape index (κ2) is 11.1. The molecule has 24 heavy (non-hydrogen) atoms. The van der Waals surface area contributed by atoms with E-state index in [-0.39, 0.29) is 31.4 Å². The largest absolute Gasteiger partial charge is 0.295 e. The molecule has 6 nitrogen and oxygen atoms in total. The SMILES string of the molecule is C.C=C/C=C1\C(=C)C(=O)N(C2CCC(=O)NC2=O)C1=O.CC.CC. The van der Waals surface area contributed by atoms with E-state index in [9.17, 15) is 19.2 Å². The molecule has 0 saturated carbocycles. The van der Waals surface area contributed by atoms with Crippen LogP contribution in [0.1, 0.15) is 48.0 Å². The Hall–Kier alpha value is -2.50. The van der Waals surface area contributed by atoms with E-state index in [1.807, 2.05) is 27.7 Å². The lowest BCUT2D eigenvalue weighted by Gasteiger charge is -2.27. The Morgan fingerprint density at radius 3 is 2.08 bits per heavy atom. The summed E-state index contributed by atoms with van der Waals surface area (Å²) in [6.07, 6.45) is 2.99. The van der Waals surface area contributed by atoms with Crippen LogP contribution in [0.2, 0.25) is 0 Å². The molecule has 134 valence electrons. The van der Waals surface area contributed by atoms with Crippen LogP contribution in [0.3, 0.4) is 0 Å². The molecule has 2 rings (SSSR count). The summed E-state index contributed by atoms with van der Waals surface area (Å²) in [6, 6.07) is -0.954. The van der Waals surface area contributed by atoms with Crippen LogP contribution in [-0.2, 0) is 19.2 Å². The molecule has 4 amide bonds. The average Bonchev–Trinajstić information content (AvgIpc) is 2.76. The van der Waals surface area contributed by atoms with Gasteiger partial charge >= 0.3 is 0 Å². The maximum atomic E-state index is 12.1. The fourth-order valence-electron chi connectivity index (χ4n) is 2.11. The Kier molecular flexibility index (Phi) is 11.0. The lowest BCUT2D eigenvalue weighted by atomic mass is 10.0. The van der Waals surface area contributed by atoms with E-state index in [0.717, 1.165) is 4.90 Å². The number of likely N-dealkylation sites (tertiary alicyclic amines) is 1. The molecule has 0 bridgehead atoms. The topological polar surface area (TPSA) is 83.6 Å². The van der Waals surface area contributed by atoms with E-state index in [1.165, 1.54) is 12.2 Å². The molecule has 0 aliphatic carbocycles. The van der Waals surface area contributed by atoms with Crippen molar-refractivity contribution in [2.45, 2.75) is 54.0 Å². The third-order valence-electron chi connectivity index (χ3n) is 3.06. The predicted molar refractivity (Wildman–Crippen MR) is 94.9 cm³/mol. The van der Waals surface area contributed by atoms with Crippen molar-refractivity contribution in [1.82, 2.24) is 10.2 Å². The van der Waals surface area contributed by atoms with Gasteiger partial charge in [-0.2, -0.15) is 0 Å². The van der Waals surface area contributed by atoms with Gasteiger partial charge in [-0.1, -0.05) is 54.4 Å². The lowest BCUT2D eigenvalue weighted by Crippen LogP contribution is -2.54. The van der Waals surface area contributed by atoms with Crippen molar-refractivity contribution in [3.63, 3.8) is 0 Å². The number of amides is 4. The first-order valence-electron chi connectivity index (χ1n) is 7.71. The van der Waals surface area contributed by atoms with Crippen LogP contribution in [-0.4, -0.2) is 34.6 Å². The minimum absolute atomic E-state index is 0. The number of hydrogen-bond acceptors (Lipinski definition) is 4. The predicted octanol–water partition coefficient (Wildman–Crippen LogP) is 2.52. The van der Waals surface area contributed by atoms with Crippen LogP contribution < -0.4 is 5.32 Å². The van der Waals surface area contributed by atoms with Crippen molar-refractivity contribution >= 4 is 23.6 Å². The lowest BCUT2D eigenvalue weighted by molar-refractivity contribution is -0.149. The second-order valence-corrected chi connectivity index (χ2v) is 4.24. The number of nitrogens with one attached hydrogen (secondary N) is 1. The van der Waals surface area contributed by atoms with E-state index in [2.05, 4.69) is 18.5 Å². The number of allylic oxidation sites excluding steroid dienone is 2. The highest BCUT2D eigenvalue weighted by Crippen LogP contribution is 2.28. The Bertz CT molecular complexity index is 561. The summed E-state index contributed by atoms with van der Waals surface area (Å²) < 4.78 is 0. The molecule has 0 aromatic carbocycles. The normalized spacial score (nSPS) is 21.2. The number of piperidine rings is 1. The van der Waals surface area contributed by atoms with Crippen LogP contribution in [0.4, 0.5) is 0 Å². The molecular formula is C18H28N2O4.